The molecule has 0 atom stereocenters. The van der Waals surface area contributed by atoms with Crippen molar-refractivity contribution in [2.24, 2.45) is 0 Å². The average molecular weight is 589 g/mol. The Morgan fingerprint density at radius 2 is 1.73 bits per heavy atom. The maximum atomic E-state index is 11.9. The van der Waals surface area contributed by atoms with Crippen molar-refractivity contribution in [1.29, 1.82) is 0 Å². The van der Waals surface area contributed by atoms with Gasteiger partial charge in [0.15, 0.2) is 0 Å². The zero-order chi connectivity index (χ0) is 28.8. The Morgan fingerprint density at radius 1 is 1.00 bits per heavy atom. The van der Waals surface area contributed by atoms with Gasteiger partial charge in [-0.15, -0.1) is 11.3 Å². The van der Waals surface area contributed by atoms with E-state index in [4.69, 9.17) is 4.74 Å². The van der Waals surface area contributed by atoms with Gasteiger partial charge >= 0.3 is 5.97 Å². The third kappa shape index (κ3) is 5.68. The van der Waals surface area contributed by atoms with Crippen molar-refractivity contribution in [1.82, 2.24) is 0 Å². The number of ketones is 1. The van der Waals surface area contributed by atoms with Crippen LogP contribution < -0.4 is 4.74 Å². The zero-order valence-corrected chi connectivity index (χ0v) is 24.5. The van der Waals surface area contributed by atoms with Crippen molar-refractivity contribution >= 4 is 43.0 Å². The first-order valence-electron chi connectivity index (χ1n) is 13.9. The molecule has 1 saturated carbocycles. The minimum Gasteiger partial charge on any atom is -0.489 e. The zero-order valence-electron chi connectivity index (χ0n) is 22.9. The number of ether oxygens (including phenoxy) is 1. The van der Waals surface area contributed by atoms with Crippen LogP contribution in [0.2, 0.25) is 0 Å². The van der Waals surface area contributed by atoms with E-state index in [0.717, 1.165) is 27.8 Å². The lowest BCUT2D eigenvalue weighted by molar-refractivity contribution is -0.141. The second kappa shape index (κ2) is 10.7. The second-order valence-electron chi connectivity index (χ2n) is 11.5. The Kier molecular flexibility index (Phi) is 7.24. The van der Waals surface area contributed by atoms with Gasteiger partial charge < -0.3 is 9.84 Å². The molecule has 0 unspecified atom stereocenters. The van der Waals surface area contributed by atoms with Gasteiger partial charge in [0, 0.05) is 33.9 Å². The van der Waals surface area contributed by atoms with Crippen LogP contribution in [0.15, 0.2) is 66.0 Å². The van der Waals surface area contributed by atoms with Gasteiger partial charge in [0.05, 0.1) is 17.9 Å². The van der Waals surface area contributed by atoms with Gasteiger partial charge in [-0.05, 0) is 77.1 Å². The number of rotatable bonds is 8. The molecule has 0 amide bonds. The Hall–Kier alpha value is -3.49. The van der Waals surface area contributed by atoms with Crippen molar-refractivity contribution < 1.29 is 27.9 Å². The number of sulfone groups is 1. The predicted octanol–water partition coefficient (Wildman–Crippen LogP) is 6.82. The molecule has 1 saturated heterocycles. The molecule has 2 aliphatic rings. The van der Waals surface area contributed by atoms with Crippen molar-refractivity contribution in [3.05, 3.63) is 88.3 Å². The Balaban J connectivity index is 1.17. The van der Waals surface area contributed by atoms with Crippen molar-refractivity contribution in [2.45, 2.75) is 57.0 Å². The van der Waals surface area contributed by atoms with Crippen LogP contribution in [0.4, 0.5) is 0 Å². The highest BCUT2D eigenvalue weighted by molar-refractivity contribution is 7.91. The molecule has 6 nitrogen and oxygen atoms in total. The lowest BCUT2D eigenvalue weighted by Crippen LogP contribution is -2.43. The summed E-state index contributed by atoms with van der Waals surface area (Å²) in [5.41, 5.74) is 6.00. The third-order valence-corrected chi connectivity index (χ3v) is 11.3. The fourth-order valence-corrected chi connectivity index (χ4v) is 8.75. The van der Waals surface area contributed by atoms with E-state index in [2.05, 4.69) is 42.6 Å². The van der Waals surface area contributed by atoms with Crippen LogP contribution >= 0.6 is 11.3 Å². The summed E-state index contributed by atoms with van der Waals surface area (Å²) in [6.07, 6.45) is 1.91. The number of fused-ring (bicyclic) bond motifs is 1. The highest BCUT2D eigenvalue weighted by atomic mass is 32.2. The number of benzene rings is 3. The molecule has 1 aliphatic carbocycles. The molecular formula is C33H32O6S2. The number of hydrogen-bond acceptors (Lipinski definition) is 6. The summed E-state index contributed by atoms with van der Waals surface area (Å²) >= 11 is 1.70. The largest absolute Gasteiger partial charge is 0.489 e. The molecule has 4 aromatic rings. The lowest BCUT2D eigenvalue weighted by Gasteiger charge is -2.39. The summed E-state index contributed by atoms with van der Waals surface area (Å²) in [6, 6.07) is 20.4. The van der Waals surface area contributed by atoms with E-state index < -0.39 is 21.2 Å². The summed E-state index contributed by atoms with van der Waals surface area (Å²) in [5.74, 6) is 0.820. The van der Waals surface area contributed by atoms with Gasteiger partial charge in [0.2, 0.25) is 0 Å². The van der Waals surface area contributed by atoms with E-state index in [1.54, 1.807) is 11.3 Å². The third-order valence-electron chi connectivity index (χ3n) is 8.64. The Morgan fingerprint density at radius 3 is 2.39 bits per heavy atom. The molecule has 1 aliphatic heterocycles. The standard InChI is InChI=1S/C33H32O6S2/c1-21-14-24(23-10-12-41(37,38)13-11-23)4-8-28(21)30-20-40-31-9-7-27(15-29(30)31)39-19-22-2-5-25(6-3-22)33(18-32(35)36)16-26(34)17-33/h2-9,14-15,20,23H,10-13,16-19H2,1H3,(H,35,36). The van der Waals surface area contributed by atoms with E-state index in [0.29, 0.717) is 25.4 Å². The van der Waals surface area contributed by atoms with E-state index in [1.165, 1.54) is 21.4 Å². The number of aliphatic carboxylic acids is 1. The van der Waals surface area contributed by atoms with Gasteiger partial charge in [0.25, 0.3) is 0 Å². The normalized spacial score (nSPS) is 18.2. The van der Waals surface area contributed by atoms with Crippen LogP contribution in [0.5, 0.6) is 5.75 Å². The molecule has 1 aromatic heterocycles. The second-order valence-corrected chi connectivity index (χ2v) is 14.8. The number of Topliss-reactive ketones (excluding diaryl/α,β-unsaturated/α-hetero) is 1. The maximum absolute atomic E-state index is 11.9. The Labute approximate surface area is 243 Å². The smallest absolute Gasteiger partial charge is 0.304 e. The quantitative estimate of drug-likeness (QED) is 0.243. The van der Waals surface area contributed by atoms with E-state index in [1.807, 2.05) is 30.3 Å². The average Bonchev–Trinajstić information content (AvgIpc) is 3.34. The summed E-state index contributed by atoms with van der Waals surface area (Å²) in [4.78, 5) is 23.0. The number of thiophene rings is 1. The molecule has 8 heteroatoms. The van der Waals surface area contributed by atoms with Gasteiger partial charge in [-0.3, -0.25) is 9.59 Å². The van der Waals surface area contributed by atoms with Gasteiger partial charge in [-0.1, -0.05) is 42.5 Å². The van der Waals surface area contributed by atoms with Crippen LogP contribution in [0.25, 0.3) is 21.2 Å². The van der Waals surface area contributed by atoms with Crippen LogP contribution in [-0.4, -0.2) is 36.8 Å². The minimum atomic E-state index is -2.88. The van der Waals surface area contributed by atoms with Gasteiger partial charge in [-0.25, -0.2) is 8.42 Å². The van der Waals surface area contributed by atoms with Crippen molar-refractivity contribution in [2.75, 3.05) is 11.5 Å². The number of carboxylic acids is 1. The molecule has 1 N–H and O–H groups in total. The minimum absolute atomic E-state index is 0.0370. The first-order valence-corrected chi connectivity index (χ1v) is 16.6. The van der Waals surface area contributed by atoms with Crippen molar-refractivity contribution in [3.63, 3.8) is 0 Å². The van der Waals surface area contributed by atoms with Crippen molar-refractivity contribution in [3.8, 4) is 16.9 Å². The van der Waals surface area contributed by atoms with E-state index in [9.17, 15) is 23.1 Å². The summed E-state index contributed by atoms with van der Waals surface area (Å²) in [7, 11) is -2.88. The SMILES string of the molecule is Cc1cc(C2CCS(=O)(=O)CC2)ccc1-c1csc2ccc(OCc3ccc(C4(CC(=O)O)CC(=O)C4)cc3)cc12. The molecule has 0 bridgehead atoms. The number of hydrogen-bond donors (Lipinski definition) is 1. The van der Waals surface area contributed by atoms with Crippen LogP contribution in [0.3, 0.4) is 0 Å². The van der Waals surface area contributed by atoms with Gasteiger partial charge in [0.1, 0.15) is 28.0 Å². The number of carboxylic acid groups (broad SMARTS) is 1. The highest BCUT2D eigenvalue weighted by Gasteiger charge is 2.46. The summed E-state index contributed by atoms with van der Waals surface area (Å²) in [5, 5.41) is 12.6. The molecule has 212 valence electrons. The fraction of sp³-hybridized carbons (Fsp3) is 0.333. The summed E-state index contributed by atoms with van der Waals surface area (Å²) < 4.78 is 31.0. The lowest BCUT2D eigenvalue weighted by atomic mass is 9.62. The number of carbonyl (C=O) groups is 2. The molecule has 0 radical (unpaired) electrons. The molecule has 2 heterocycles. The molecular weight excluding hydrogens is 556 g/mol. The van der Waals surface area contributed by atoms with Crippen LogP contribution in [0.1, 0.15) is 60.3 Å². The molecule has 2 fully saturated rings. The molecule has 6 rings (SSSR count). The highest BCUT2D eigenvalue weighted by Crippen LogP contribution is 2.44. The van der Waals surface area contributed by atoms with E-state index >= 15 is 0 Å². The summed E-state index contributed by atoms with van der Waals surface area (Å²) in [6.45, 7) is 2.49. The topological polar surface area (TPSA) is 97.7 Å². The number of carbonyl (C=O) groups excluding carboxylic acids is 1. The van der Waals surface area contributed by atoms with Gasteiger partial charge in [-0.2, -0.15) is 0 Å². The predicted molar refractivity (Wildman–Crippen MR) is 162 cm³/mol. The monoisotopic (exact) mass is 588 g/mol. The first kappa shape index (κ1) is 27.7. The first-order chi connectivity index (χ1) is 19.6. The molecule has 41 heavy (non-hydrogen) atoms. The maximum Gasteiger partial charge on any atom is 0.304 e. The molecule has 3 aromatic carbocycles. The van der Waals surface area contributed by atoms with E-state index in [-0.39, 0.29) is 36.6 Å². The van der Waals surface area contributed by atoms with Crippen LogP contribution in [-0.2, 0) is 31.4 Å². The van der Waals surface area contributed by atoms with Crippen LogP contribution in [0, 0.1) is 6.92 Å². The molecule has 0 spiro atoms. The fourth-order valence-electron chi connectivity index (χ4n) is 6.32. The Bertz CT molecular complexity index is 1730. The number of aryl methyl sites for hydroxylation is 1.